The second kappa shape index (κ2) is 7.63. The molecule has 8 heteroatoms. The van der Waals surface area contributed by atoms with E-state index >= 15 is 0 Å². The first-order valence-corrected chi connectivity index (χ1v) is 8.84. The number of nitro benzene ring substituents is 1. The Kier molecular flexibility index (Phi) is 5.27. The van der Waals surface area contributed by atoms with Crippen molar-refractivity contribution in [2.24, 2.45) is 0 Å². The Morgan fingerprint density at radius 3 is 2.52 bits per heavy atom. The molecule has 2 aromatic rings. The maximum absolute atomic E-state index is 12.6. The number of aryl methyl sites for hydroxylation is 1. The van der Waals surface area contributed by atoms with Gasteiger partial charge in [0.25, 0.3) is 16.8 Å². The van der Waals surface area contributed by atoms with E-state index in [2.05, 4.69) is 0 Å². The van der Waals surface area contributed by atoms with E-state index in [9.17, 15) is 19.7 Å². The summed E-state index contributed by atoms with van der Waals surface area (Å²) >= 11 is 0.871. The van der Waals surface area contributed by atoms with Crippen LogP contribution in [0.2, 0.25) is 0 Å². The molecule has 1 aliphatic rings. The molecule has 138 valence electrons. The van der Waals surface area contributed by atoms with Gasteiger partial charge < -0.3 is 4.74 Å². The standard InChI is InChI=1S/C19H16N2O5S/c1-12-3-4-14(9-16(12)26-2)10-17-18(22)20(19(23)27-17)11-13-5-7-15(8-6-13)21(24)25/h3-10H,11H2,1-2H3. The van der Waals surface area contributed by atoms with Gasteiger partial charge in [0, 0.05) is 12.1 Å². The highest BCUT2D eigenvalue weighted by molar-refractivity contribution is 8.18. The lowest BCUT2D eigenvalue weighted by Crippen LogP contribution is -2.27. The number of ether oxygens (including phenoxy) is 1. The maximum Gasteiger partial charge on any atom is 0.293 e. The number of amides is 2. The van der Waals surface area contributed by atoms with Gasteiger partial charge in [0.1, 0.15) is 5.75 Å². The summed E-state index contributed by atoms with van der Waals surface area (Å²) in [6.45, 7) is 1.98. The fourth-order valence-electron chi connectivity index (χ4n) is 2.62. The molecule has 1 fully saturated rings. The van der Waals surface area contributed by atoms with Crippen molar-refractivity contribution in [1.29, 1.82) is 0 Å². The third-order valence-corrected chi connectivity index (χ3v) is 5.00. The predicted octanol–water partition coefficient (Wildman–Crippen LogP) is 4.15. The maximum atomic E-state index is 12.6. The van der Waals surface area contributed by atoms with Crippen LogP contribution in [0.25, 0.3) is 6.08 Å². The van der Waals surface area contributed by atoms with Crippen LogP contribution in [0.3, 0.4) is 0 Å². The van der Waals surface area contributed by atoms with Gasteiger partial charge >= 0.3 is 0 Å². The SMILES string of the molecule is COc1cc(C=C2SC(=O)N(Cc3ccc([N+](=O)[O-])cc3)C2=O)ccc1C. The highest BCUT2D eigenvalue weighted by Gasteiger charge is 2.35. The number of benzene rings is 2. The van der Waals surface area contributed by atoms with E-state index in [0.717, 1.165) is 27.8 Å². The summed E-state index contributed by atoms with van der Waals surface area (Å²) in [5.41, 5.74) is 2.33. The van der Waals surface area contributed by atoms with E-state index in [1.807, 2.05) is 19.1 Å². The lowest BCUT2D eigenvalue weighted by atomic mass is 10.1. The van der Waals surface area contributed by atoms with E-state index < -0.39 is 4.92 Å². The van der Waals surface area contributed by atoms with Crippen LogP contribution in [0.4, 0.5) is 10.5 Å². The fourth-order valence-corrected chi connectivity index (χ4v) is 3.46. The number of carbonyl (C=O) groups excluding carboxylic acids is 2. The van der Waals surface area contributed by atoms with Gasteiger partial charge in [-0.15, -0.1) is 0 Å². The highest BCUT2D eigenvalue weighted by Crippen LogP contribution is 2.34. The van der Waals surface area contributed by atoms with Crippen LogP contribution >= 0.6 is 11.8 Å². The zero-order valence-electron chi connectivity index (χ0n) is 14.7. The third-order valence-electron chi connectivity index (χ3n) is 4.09. The number of nitrogens with zero attached hydrogens (tertiary/aromatic N) is 2. The molecule has 1 heterocycles. The van der Waals surface area contributed by atoms with E-state index in [1.54, 1.807) is 19.3 Å². The van der Waals surface area contributed by atoms with Gasteiger partial charge in [-0.05, 0) is 47.5 Å². The van der Waals surface area contributed by atoms with Gasteiger partial charge in [-0.1, -0.05) is 24.3 Å². The molecule has 0 aliphatic carbocycles. The molecule has 0 spiro atoms. The Bertz CT molecular complexity index is 953. The van der Waals surface area contributed by atoms with Crippen LogP contribution in [0.1, 0.15) is 16.7 Å². The Morgan fingerprint density at radius 1 is 1.19 bits per heavy atom. The zero-order chi connectivity index (χ0) is 19.6. The largest absolute Gasteiger partial charge is 0.496 e. The molecule has 2 amide bonds. The van der Waals surface area contributed by atoms with E-state index in [0.29, 0.717) is 16.2 Å². The molecule has 0 saturated carbocycles. The quantitative estimate of drug-likeness (QED) is 0.437. The number of imide groups is 1. The number of carbonyl (C=O) groups is 2. The average molecular weight is 384 g/mol. The van der Waals surface area contributed by atoms with Gasteiger partial charge in [0.15, 0.2) is 0 Å². The van der Waals surface area contributed by atoms with Gasteiger partial charge in [-0.2, -0.15) is 0 Å². The monoisotopic (exact) mass is 384 g/mol. The minimum atomic E-state index is -0.498. The van der Waals surface area contributed by atoms with Crippen molar-refractivity contribution in [2.45, 2.75) is 13.5 Å². The van der Waals surface area contributed by atoms with Crippen molar-refractivity contribution in [3.8, 4) is 5.75 Å². The van der Waals surface area contributed by atoms with Crippen molar-refractivity contribution in [2.75, 3.05) is 7.11 Å². The molecule has 0 bridgehead atoms. The fraction of sp³-hybridized carbons (Fsp3) is 0.158. The molecule has 0 aromatic heterocycles. The lowest BCUT2D eigenvalue weighted by molar-refractivity contribution is -0.384. The lowest BCUT2D eigenvalue weighted by Gasteiger charge is -2.12. The first-order valence-electron chi connectivity index (χ1n) is 8.02. The minimum Gasteiger partial charge on any atom is -0.496 e. The second-order valence-electron chi connectivity index (χ2n) is 5.92. The topological polar surface area (TPSA) is 89.8 Å². The van der Waals surface area contributed by atoms with E-state index in [4.69, 9.17) is 4.74 Å². The smallest absolute Gasteiger partial charge is 0.293 e. The minimum absolute atomic E-state index is 0.0406. The van der Waals surface area contributed by atoms with Gasteiger partial charge in [-0.25, -0.2) is 0 Å². The Balaban J connectivity index is 1.79. The van der Waals surface area contributed by atoms with Crippen molar-refractivity contribution in [3.63, 3.8) is 0 Å². The number of nitro groups is 1. The van der Waals surface area contributed by atoms with Crippen LogP contribution in [-0.2, 0) is 11.3 Å². The summed E-state index contributed by atoms with van der Waals surface area (Å²) < 4.78 is 5.28. The molecule has 1 aliphatic heterocycles. The first-order chi connectivity index (χ1) is 12.9. The summed E-state index contributed by atoms with van der Waals surface area (Å²) in [4.78, 5) is 36.5. The Morgan fingerprint density at radius 2 is 1.89 bits per heavy atom. The van der Waals surface area contributed by atoms with Gasteiger partial charge in [0.2, 0.25) is 0 Å². The summed E-state index contributed by atoms with van der Waals surface area (Å²) in [6.07, 6.45) is 1.66. The van der Waals surface area contributed by atoms with Gasteiger partial charge in [0.05, 0.1) is 23.5 Å². The number of hydrogen-bond donors (Lipinski definition) is 0. The molecular weight excluding hydrogens is 368 g/mol. The number of rotatable bonds is 5. The third kappa shape index (κ3) is 4.01. The molecule has 2 aromatic carbocycles. The average Bonchev–Trinajstić information content (AvgIpc) is 2.91. The van der Waals surface area contributed by atoms with Crippen LogP contribution < -0.4 is 4.74 Å². The second-order valence-corrected chi connectivity index (χ2v) is 6.91. The van der Waals surface area contributed by atoms with Crippen molar-refractivity contribution < 1.29 is 19.2 Å². The number of thioether (sulfide) groups is 1. The Hall–Kier alpha value is -3.13. The van der Waals surface area contributed by atoms with Crippen LogP contribution in [-0.4, -0.2) is 28.1 Å². The Labute approximate surface area is 159 Å². The summed E-state index contributed by atoms with van der Waals surface area (Å²) in [5.74, 6) is 0.316. The zero-order valence-corrected chi connectivity index (χ0v) is 15.5. The van der Waals surface area contributed by atoms with E-state index in [1.165, 1.54) is 24.3 Å². The van der Waals surface area contributed by atoms with Crippen molar-refractivity contribution in [1.82, 2.24) is 4.90 Å². The summed E-state index contributed by atoms with van der Waals surface area (Å²) in [7, 11) is 1.57. The van der Waals surface area contributed by atoms with Crippen LogP contribution in [0.5, 0.6) is 5.75 Å². The molecule has 0 radical (unpaired) electrons. The molecule has 0 unspecified atom stereocenters. The van der Waals surface area contributed by atoms with E-state index in [-0.39, 0.29) is 23.4 Å². The molecule has 7 nitrogen and oxygen atoms in total. The molecule has 0 N–H and O–H groups in total. The van der Waals surface area contributed by atoms with Gasteiger partial charge in [-0.3, -0.25) is 24.6 Å². The number of non-ortho nitro benzene ring substituents is 1. The molecule has 27 heavy (non-hydrogen) atoms. The van der Waals surface area contributed by atoms with Crippen LogP contribution in [0.15, 0.2) is 47.4 Å². The molecular formula is C19H16N2O5S. The summed E-state index contributed by atoms with van der Waals surface area (Å²) in [5, 5.41) is 10.3. The van der Waals surface area contributed by atoms with Crippen molar-refractivity contribution >= 4 is 34.7 Å². The number of hydrogen-bond acceptors (Lipinski definition) is 6. The predicted molar refractivity (Wildman–Crippen MR) is 102 cm³/mol. The number of methoxy groups -OCH3 is 1. The normalized spacial score (nSPS) is 15.5. The highest BCUT2D eigenvalue weighted by atomic mass is 32.2. The van der Waals surface area contributed by atoms with Crippen molar-refractivity contribution in [3.05, 3.63) is 74.2 Å². The molecule has 3 rings (SSSR count). The van der Waals surface area contributed by atoms with Crippen LogP contribution in [0, 0.1) is 17.0 Å². The molecule has 0 atom stereocenters. The summed E-state index contributed by atoms with van der Waals surface area (Å²) in [6, 6.07) is 11.3. The first kappa shape index (κ1) is 18.7. The molecule has 1 saturated heterocycles.